The van der Waals surface area contributed by atoms with Crippen LogP contribution >= 0.6 is 11.6 Å². The van der Waals surface area contributed by atoms with E-state index in [1.54, 1.807) is 24.3 Å². The Kier molecular flexibility index (Phi) is 7.54. The molecule has 1 N–H and O–H groups in total. The van der Waals surface area contributed by atoms with Gasteiger partial charge >= 0.3 is 0 Å². The highest BCUT2D eigenvalue weighted by Crippen LogP contribution is 2.30. The molecular formula is C26H23ClN2O3. The molecule has 0 unspecified atom stereocenters. The second-order valence-electron chi connectivity index (χ2n) is 7.16. The van der Waals surface area contributed by atoms with E-state index in [1.807, 2.05) is 56.3 Å². The molecular weight excluding hydrogens is 424 g/mol. The van der Waals surface area contributed by atoms with Crippen molar-refractivity contribution >= 4 is 29.3 Å². The van der Waals surface area contributed by atoms with Crippen LogP contribution in [0.2, 0.25) is 5.02 Å². The van der Waals surface area contributed by atoms with Gasteiger partial charge in [-0.3, -0.25) is 4.79 Å². The lowest BCUT2D eigenvalue weighted by Gasteiger charge is -2.12. The van der Waals surface area contributed by atoms with Gasteiger partial charge in [-0.2, -0.15) is 5.26 Å². The van der Waals surface area contributed by atoms with E-state index in [-0.39, 0.29) is 12.2 Å². The lowest BCUT2D eigenvalue weighted by molar-refractivity contribution is -0.112. The van der Waals surface area contributed by atoms with E-state index >= 15 is 0 Å². The summed E-state index contributed by atoms with van der Waals surface area (Å²) in [4.78, 5) is 12.7. The molecule has 0 saturated carbocycles. The fourth-order valence-corrected chi connectivity index (χ4v) is 3.25. The summed E-state index contributed by atoms with van der Waals surface area (Å²) >= 11 is 6.18. The molecule has 3 aromatic rings. The molecule has 0 fully saturated rings. The van der Waals surface area contributed by atoms with Crippen molar-refractivity contribution in [2.24, 2.45) is 0 Å². The van der Waals surface area contributed by atoms with Crippen LogP contribution in [0.4, 0.5) is 5.69 Å². The Hall–Kier alpha value is -3.75. The molecule has 0 radical (unpaired) electrons. The van der Waals surface area contributed by atoms with Gasteiger partial charge < -0.3 is 14.8 Å². The number of nitrogens with zero attached hydrogens (tertiary/aromatic N) is 1. The minimum atomic E-state index is -0.473. The summed E-state index contributed by atoms with van der Waals surface area (Å²) < 4.78 is 11.3. The van der Waals surface area contributed by atoms with E-state index in [0.29, 0.717) is 27.8 Å². The van der Waals surface area contributed by atoms with Gasteiger partial charge in [0.2, 0.25) is 0 Å². The number of halogens is 1. The Morgan fingerprint density at radius 3 is 2.59 bits per heavy atom. The van der Waals surface area contributed by atoms with E-state index in [1.165, 1.54) is 13.2 Å². The quantitative estimate of drug-likeness (QED) is 0.352. The van der Waals surface area contributed by atoms with E-state index in [9.17, 15) is 10.1 Å². The van der Waals surface area contributed by atoms with Crippen LogP contribution in [-0.4, -0.2) is 13.0 Å². The number of ether oxygens (including phenoxy) is 2. The van der Waals surface area contributed by atoms with Crippen LogP contribution in [0, 0.1) is 25.2 Å². The lowest BCUT2D eigenvalue weighted by Crippen LogP contribution is -2.14. The molecule has 0 aliphatic heterocycles. The normalized spacial score (nSPS) is 10.9. The van der Waals surface area contributed by atoms with E-state index in [4.69, 9.17) is 21.1 Å². The number of benzene rings is 3. The summed E-state index contributed by atoms with van der Waals surface area (Å²) in [5, 5.41) is 13.0. The number of anilines is 1. The number of hydrogen-bond donors (Lipinski definition) is 1. The number of methoxy groups -OCH3 is 1. The van der Waals surface area contributed by atoms with E-state index in [2.05, 4.69) is 5.32 Å². The van der Waals surface area contributed by atoms with Gasteiger partial charge in [-0.1, -0.05) is 48.0 Å². The maximum absolute atomic E-state index is 12.7. The predicted octanol–water partition coefficient (Wildman–Crippen LogP) is 6.09. The van der Waals surface area contributed by atoms with E-state index in [0.717, 1.165) is 16.7 Å². The number of amides is 1. The lowest BCUT2D eigenvalue weighted by atomic mass is 10.1. The van der Waals surface area contributed by atoms with Crippen LogP contribution in [0.3, 0.4) is 0 Å². The van der Waals surface area contributed by atoms with Crippen molar-refractivity contribution in [2.75, 3.05) is 12.4 Å². The number of aryl methyl sites for hydroxylation is 1. The zero-order chi connectivity index (χ0) is 23.1. The molecule has 162 valence electrons. The van der Waals surface area contributed by atoms with Crippen molar-refractivity contribution in [3.05, 3.63) is 93.5 Å². The van der Waals surface area contributed by atoms with Gasteiger partial charge in [-0.25, -0.2) is 0 Å². The molecule has 5 nitrogen and oxygen atoms in total. The second-order valence-corrected chi connectivity index (χ2v) is 7.57. The Labute approximate surface area is 192 Å². The largest absolute Gasteiger partial charge is 0.493 e. The highest BCUT2D eigenvalue weighted by atomic mass is 35.5. The number of carbonyl (C=O) groups excluding carboxylic acids is 1. The number of nitrogens with one attached hydrogen (secondary N) is 1. The highest BCUT2D eigenvalue weighted by Gasteiger charge is 2.13. The summed E-state index contributed by atoms with van der Waals surface area (Å²) in [6.07, 6.45) is 1.51. The van der Waals surface area contributed by atoms with Gasteiger partial charge in [0.1, 0.15) is 18.2 Å². The standard InChI is InChI=1S/C26H23ClN2O3/c1-17-7-6-10-23(18(17)2)29-26(30)21(15-28)13-19-11-12-24(25(14-19)31-3)32-16-20-8-4-5-9-22(20)27/h4-14H,16H2,1-3H3,(H,29,30)/b21-13-. The van der Waals surface area contributed by atoms with Gasteiger partial charge in [-0.05, 0) is 60.9 Å². The van der Waals surface area contributed by atoms with Gasteiger partial charge in [0.15, 0.2) is 11.5 Å². The maximum atomic E-state index is 12.7. The molecule has 3 rings (SSSR count). The Balaban J connectivity index is 1.78. The first-order valence-corrected chi connectivity index (χ1v) is 10.3. The zero-order valence-corrected chi connectivity index (χ0v) is 18.9. The molecule has 0 atom stereocenters. The highest BCUT2D eigenvalue weighted by molar-refractivity contribution is 6.31. The minimum absolute atomic E-state index is 0.0160. The maximum Gasteiger partial charge on any atom is 0.266 e. The Bertz CT molecular complexity index is 1210. The summed E-state index contributed by atoms with van der Waals surface area (Å²) in [6.45, 7) is 4.17. The third kappa shape index (κ3) is 5.48. The third-order valence-corrected chi connectivity index (χ3v) is 5.43. The third-order valence-electron chi connectivity index (χ3n) is 5.06. The van der Waals surface area contributed by atoms with Crippen molar-refractivity contribution in [1.29, 1.82) is 5.26 Å². The Morgan fingerprint density at radius 2 is 1.88 bits per heavy atom. The summed E-state index contributed by atoms with van der Waals surface area (Å²) in [5.41, 5.74) is 4.17. The average molecular weight is 447 g/mol. The van der Waals surface area contributed by atoms with Crippen LogP contribution in [-0.2, 0) is 11.4 Å². The molecule has 0 bridgehead atoms. The molecule has 0 aliphatic carbocycles. The second kappa shape index (κ2) is 10.5. The SMILES string of the molecule is COc1cc(/C=C(/C#N)C(=O)Nc2cccc(C)c2C)ccc1OCc1ccccc1Cl. The molecule has 0 heterocycles. The first-order chi connectivity index (χ1) is 15.4. The molecule has 0 spiro atoms. The minimum Gasteiger partial charge on any atom is -0.493 e. The molecule has 0 saturated heterocycles. The Morgan fingerprint density at radius 1 is 1.09 bits per heavy atom. The molecule has 1 amide bonds. The van der Waals surface area contributed by atoms with Crippen molar-refractivity contribution in [3.63, 3.8) is 0 Å². The summed E-state index contributed by atoms with van der Waals surface area (Å²) in [5.74, 6) is 0.542. The molecule has 32 heavy (non-hydrogen) atoms. The molecule has 6 heteroatoms. The number of hydrogen-bond acceptors (Lipinski definition) is 4. The first-order valence-electron chi connectivity index (χ1n) is 9.96. The van der Waals surface area contributed by atoms with E-state index < -0.39 is 5.91 Å². The smallest absolute Gasteiger partial charge is 0.266 e. The first kappa shape index (κ1) is 22.9. The van der Waals surface area contributed by atoms with Crippen LogP contribution in [0.1, 0.15) is 22.3 Å². The van der Waals surface area contributed by atoms with Crippen molar-refractivity contribution < 1.29 is 14.3 Å². The van der Waals surface area contributed by atoms with Crippen LogP contribution in [0.5, 0.6) is 11.5 Å². The summed E-state index contributed by atoms with van der Waals surface area (Å²) in [7, 11) is 1.53. The van der Waals surface area contributed by atoms with Crippen LogP contribution < -0.4 is 14.8 Å². The fraction of sp³-hybridized carbons (Fsp3) is 0.154. The zero-order valence-electron chi connectivity index (χ0n) is 18.1. The van der Waals surface area contributed by atoms with Gasteiger partial charge in [-0.15, -0.1) is 0 Å². The number of nitriles is 1. The van der Waals surface area contributed by atoms with Crippen LogP contribution in [0.25, 0.3) is 6.08 Å². The molecule has 0 aliphatic rings. The topological polar surface area (TPSA) is 71.3 Å². The molecule has 0 aromatic heterocycles. The number of rotatable bonds is 7. The summed E-state index contributed by atoms with van der Waals surface area (Å²) in [6, 6.07) is 20.3. The number of carbonyl (C=O) groups is 1. The fourth-order valence-electron chi connectivity index (χ4n) is 3.06. The predicted molar refractivity (Wildman–Crippen MR) is 127 cm³/mol. The van der Waals surface area contributed by atoms with Gasteiger partial charge in [0.05, 0.1) is 7.11 Å². The van der Waals surface area contributed by atoms with Crippen molar-refractivity contribution in [1.82, 2.24) is 0 Å². The van der Waals surface area contributed by atoms with Crippen LogP contribution in [0.15, 0.2) is 66.2 Å². The molecule has 3 aromatic carbocycles. The average Bonchev–Trinajstić information content (AvgIpc) is 2.80. The van der Waals surface area contributed by atoms with Crippen molar-refractivity contribution in [2.45, 2.75) is 20.5 Å². The van der Waals surface area contributed by atoms with Gasteiger partial charge in [0.25, 0.3) is 5.91 Å². The van der Waals surface area contributed by atoms with Gasteiger partial charge in [0, 0.05) is 16.3 Å². The van der Waals surface area contributed by atoms with Crippen molar-refractivity contribution in [3.8, 4) is 17.6 Å². The monoisotopic (exact) mass is 446 g/mol.